The van der Waals surface area contributed by atoms with Gasteiger partial charge >= 0.3 is 0 Å². The van der Waals surface area contributed by atoms with E-state index in [9.17, 15) is 0 Å². The van der Waals surface area contributed by atoms with Crippen molar-refractivity contribution in [1.82, 2.24) is 5.32 Å². The van der Waals surface area contributed by atoms with Gasteiger partial charge in [-0.2, -0.15) is 0 Å². The maximum Gasteiger partial charge on any atom is 0.122 e. The lowest BCUT2D eigenvalue weighted by molar-refractivity contribution is 0.176. The van der Waals surface area contributed by atoms with Crippen LogP contribution in [0.1, 0.15) is 46.1 Å². The standard InChI is InChI=1S/C16H25NO/c1-5-17-12-16(10-11-16)18-14-8-6-13(7-9-14)15(2,3)4/h6-9,17H,5,10-12H2,1-4H3. The van der Waals surface area contributed by atoms with Crippen LogP contribution in [0.5, 0.6) is 5.75 Å². The Kier molecular flexibility index (Phi) is 3.67. The highest BCUT2D eigenvalue weighted by molar-refractivity contribution is 5.32. The van der Waals surface area contributed by atoms with E-state index in [4.69, 9.17) is 4.74 Å². The molecule has 1 aromatic carbocycles. The molecule has 0 bridgehead atoms. The van der Waals surface area contributed by atoms with Crippen LogP contribution in [0.3, 0.4) is 0 Å². The Morgan fingerprint density at radius 1 is 1.17 bits per heavy atom. The first-order valence-corrected chi connectivity index (χ1v) is 6.95. The summed E-state index contributed by atoms with van der Waals surface area (Å²) in [6.07, 6.45) is 2.34. The predicted molar refractivity (Wildman–Crippen MR) is 76.3 cm³/mol. The summed E-state index contributed by atoms with van der Waals surface area (Å²) < 4.78 is 6.12. The average molecular weight is 247 g/mol. The summed E-state index contributed by atoms with van der Waals surface area (Å²) in [5.41, 5.74) is 1.63. The molecule has 0 unspecified atom stereocenters. The van der Waals surface area contributed by atoms with Crippen LogP contribution in [0.4, 0.5) is 0 Å². The lowest BCUT2D eigenvalue weighted by atomic mass is 9.87. The second-order valence-electron chi connectivity index (χ2n) is 6.34. The van der Waals surface area contributed by atoms with Gasteiger partial charge in [0.25, 0.3) is 0 Å². The molecule has 18 heavy (non-hydrogen) atoms. The minimum Gasteiger partial charge on any atom is -0.486 e. The number of benzene rings is 1. The summed E-state index contributed by atoms with van der Waals surface area (Å²) >= 11 is 0. The third kappa shape index (κ3) is 3.26. The Bertz CT molecular complexity index is 385. The molecule has 1 aliphatic rings. The number of hydrogen-bond donors (Lipinski definition) is 1. The maximum absolute atomic E-state index is 6.12. The Morgan fingerprint density at radius 2 is 1.78 bits per heavy atom. The first kappa shape index (κ1) is 13.4. The van der Waals surface area contributed by atoms with E-state index >= 15 is 0 Å². The molecule has 0 aliphatic heterocycles. The normalized spacial score (nSPS) is 17.6. The first-order valence-electron chi connectivity index (χ1n) is 6.95. The van der Waals surface area contributed by atoms with Crippen molar-refractivity contribution in [3.05, 3.63) is 29.8 Å². The molecule has 0 radical (unpaired) electrons. The molecule has 0 saturated heterocycles. The SMILES string of the molecule is CCNCC1(Oc2ccc(C(C)(C)C)cc2)CC1. The quantitative estimate of drug-likeness (QED) is 0.859. The van der Waals surface area contributed by atoms with E-state index in [1.165, 1.54) is 18.4 Å². The zero-order valence-electron chi connectivity index (χ0n) is 12.0. The number of ether oxygens (including phenoxy) is 1. The highest BCUT2D eigenvalue weighted by atomic mass is 16.5. The van der Waals surface area contributed by atoms with Gasteiger partial charge in [0.05, 0.1) is 0 Å². The molecule has 0 aromatic heterocycles. The molecule has 0 amide bonds. The molecule has 1 aliphatic carbocycles. The minimum absolute atomic E-state index is 0.0687. The lowest BCUT2D eigenvalue weighted by Crippen LogP contribution is -2.33. The van der Waals surface area contributed by atoms with E-state index in [0.717, 1.165) is 18.8 Å². The number of hydrogen-bond acceptors (Lipinski definition) is 2. The van der Waals surface area contributed by atoms with E-state index < -0.39 is 0 Å². The van der Waals surface area contributed by atoms with Gasteiger partial charge < -0.3 is 10.1 Å². The van der Waals surface area contributed by atoms with Crippen molar-refractivity contribution in [2.24, 2.45) is 0 Å². The fraction of sp³-hybridized carbons (Fsp3) is 0.625. The van der Waals surface area contributed by atoms with Crippen LogP contribution < -0.4 is 10.1 Å². The molecular weight excluding hydrogens is 222 g/mol. The van der Waals surface area contributed by atoms with Crippen LogP contribution in [-0.4, -0.2) is 18.7 Å². The highest BCUT2D eigenvalue weighted by Crippen LogP contribution is 2.40. The molecule has 2 heteroatoms. The largest absolute Gasteiger partial charge is 0.486 e. The van der Waals surface area contributed by atoms with E-state index in [-0.39, 0.29) is 11.0 Å². The van der Waals surface area contributed by atoms with Gasteiger partial charge in [-0.1, -0.05) is 39.8 Å². The molecule has 0 heterocycles. The molecule has 1 saturated carbocycles. The van der Waals surface area contributed by atoms with Gasteiger partial charge in [0.1, 0.15) is 11.4 Å². The summed E-state index contributed by atoms with van der Waals surface area (Å²) in [6.45, 7) is 10.8. The van der Waals surface area contributed by atoms with Gasteiger partial charge in [-0.25, -0.2) is 0 Å². The molecule has 0 spiro atoms. The van der Waals surface area contributed by atoms with Gasteiger partial charge in [-0.05, 0) is 42.5 Å². The van der Waals surface area contributed by atoms with Crippen LogP contribution in [0.2, 0.25) is 0 Å². The van der Waals surface area contributed by atoms with Gasteiger partial charge in [0, 0.05) is 6.54 Å². The molecule has 2 nitrogen and oxygen atoms in total. The smallest absolute Gasteiger partial charge is 0.122 e. The lowest BCUT2D eigenvalue weighted by Gasteiger charge is -2.21. The maximum atomic E-state index is 6.12. The van der Waals surface area contributed by atoms with E-state index in [1.807, 2.05) is 0 Å². The fourth-order valence-electron chi connectivity index (χ4n) is 2.08. The van der Waals surface area contributed by atoms with Crippen LogP contribution in [0, 0.1) is 0 Å². The highest BCUT2D eigenvalue weighted by Gasteiger charge is 2.44. The average Bonchev–Trinajstić information content (AvgIpc) is 3.06. The van der Waals surface area contributed by atoms with Gasteiger partial charge in [0.2, 0.25) is 0 Å². The summed E-state index contributed by atoms with van der Waals surface area (Å²) in [4.78, 5) is 0. The minimum atomic E-state index is 0.0687. The van der Waals surface area contributed by atoms with Crippen molar-refractivity contribution in [3.63, 3.8) is 0 Å². The van der Waals surface area contributed by atoms with Crippen molar-refractivity contribution < 1.29 is 4.74 Å². The number of rotatable bonds is 5. The summed E-state index contributed by atoms with van der Waals surface area (Å²) in [5.74, 6) is 0.999. The second-order valence-corrected chi connectivity index (χ2v) is 6.34. The third-order valence-corrected chi connectivity index (χ3v) is 3.56. The third-order valence-electron chi connectivity index (χ3n) is 3.56. The Hall–Kier alpha value is -1.02. The van der Waals surface area contributed by atoms with Crippen molar-refractivity contribution in [2.75, 3.05) is 13.1 Å². The monoisotopic (exact) mass is 247 g/mol. The van der Waals surface area contributed by atoms with E-state index in [0.29, 0.717) is 0 Å². The first-order chi connectivity index (χ1) is 8.45. The second kappa shape index (κ2) is 4.93. The zero-order chi connectivity index (χ0) is 13.2. The summed E-state index contributed by atoms with van der Waals surface area (Å²) in [7, 11) is 0. The molecule has 0 atom stereocenters. The van der Waals surface area contributed by atoms with Crippen molar-refractivity contribution in [2.45, 2.75) is 51.6 Å². The summed E-state index contributed by atoms with van der Waals surface area (Å²) in [6, 6.07) is 8.57. The summed E-state index contributed by atoms with van der Waals surface area (Å²) in [5, 5.41) is 3.38. The number of nitrogens with one attached hydrogen (secondary N) is 1. The Labute approximate surface area is 111 Å². The van der Waals surface area contributed by atoms with Crippen LogP contribution in [-0.2, 0) is 5.41 Å². The van der Waals surface area contributed by atoms with Crippen LogP contribution in [0.25, 0.3) is 0 Å². The van der Waals surface area contributed by atoms with Crippen molar-refractivity contribution >= 4 is 0 Å². The van der Waals surface area contributed by atoms with Crippen molar-refractivity contribution in [3.8, 4) is 5.75 Å². The molecule has 1 N–H and O–H groups in total. The van der Waals surface area contributed by atoms with Gasteiger partial charge in [-0.3, -0.25) is 0 Å². The van der Waals surface area contributed by atoms with Crippen LogP contribution in [0.15, 0.2) is 24.3 Å². The fourth-order valence-corrected chi connectivity index (χ4v) is 2.08. The van der Waals surface area contributed by atoms with Gasteiger partial charge in [0.15, 0.2) is 0 Å². The molecule has 1 fully saturated rings. The molecule has 100 valence electrons. The molecule has 1 aromatic rings. The van der Waals surface area contributed by atoms with E-state index in [2.05, 4.69) is 57.3 Å². The van der Waals surface area contributed by atoms with Crippen LogP contribution >= 0.6 is 0 Å². The number of likely N-dealkylation sites (N-methyl/N-ethyl adjacent to an activating group) is 1. The Balaban J connectivity index is 1.99. The van der Waals surface area contributed by atoms with Crippen molar-refractivity contribution in [1.29, 1.82) is 0 Å². The predicted octanol–water partition coefficient (Wildman–Crippen LogP) is 3.51. The zero-order valence-corrected chi connectivity index (χ0v) is 12.0. The Morgan fingerprint density at radius 3 is 2.22 bits per heavy atom. The molecule has 2 rings (SSSR count). The van der Waals surface area contributed by atoms with Gasteiger partial charge in [-0.15, -0.1) is 0 Å². The topological polar surface area (TPSA) is 21.3 Å². The molecular formula is C16H25NO. The van der Waals surface area contributed by atoms with E-state index in [1.54, 1.807) is 0 Å².